The van der Waals surface area contributed by atoms with Crippen LogP contribution in [0.3, 0.4) is 0 Å². The van der Waals surface area contributed by atoms with Gasteiger partial charge < -0.3 is 15.5 Å². The number of nitrogens with one attached hydrogen (secondary N) is 2. The number of aromatic nitrogens is 2. The van der Waals surface area contributed by atoms with Gasteiger partial charge in [-0.05, 0) is 43.9 Å². The van der Waals surface area contributed by atoms with Crippen molar-refractivity contribution in [2.75, 3.05) is 37.8 Å². The van der Waals surface area contributed by atoms with E-state index < -0.39 is 0 Å². The molecule has 0 aliphatic rings. The van der Waals surface area contributed by atoms with Gasteiger partial charge in [0.25, 0.3) is 0 Å². The standard InChI is InChI=1S/C11H20BrN5/c1-5-13-11-15-7-9(12)10(16-11)14-6-8(2)17(3)4/h7-8H,5-6H2,1-4H3,(H2,13,14,15,16). The van der Waals surface area contributed by atoms with E-state index in [2.05, 4.69) is 62.5 Å². The maximum absolute atomic E-state index is 4.39. The van der Waals surface area contributed by atoms with Gasteiger partial charge in [-0.3, -0.25) is 0 Å². The molecule has 2 N–H and O–H groups in total. The lowest BCUT2D eigenvalue weighted by atomic mass is 10.3. The predicted octanol–water partition coefficient (Wildman–Crippen LogP) is 2.03. The first-order chi connectivity index (χ1) is 8.04. The maximum atomic E-state index is 4.39. The lowest BCUT2D eigenvalue weighted by Crippen LogP contribution is -2.31. The number of hydrogen-bond acceptors (Lipinski definition) is 5. The van der Waals surface area contributed by atoms with Crippen molar-refractivity contribution in [1.82, 2.24) is 14.9 Å². The molecule has 96 valence electrons. The van der Waals surface area contributed by atoms with Gasteiger partial charge in [0.05, 0.1) is 4.47 Å². The van der Waals surface area contributed by atoms with E-state index in [-0.39, 0.29) is 0 Å². The largest absolute Gasteiger partial charge is 0.367 e. The summed E-state index contributed by atoms with van der Waals surface area (Å²) in [5.74, 6) is 1.47. The molecule has 0 aliphatic heterocycles. The zero-order chi connectivity index (χ0) is 12.8. The highest BCUT2D eigenvalue weighted by molar-refractivity contribution is 9.10. The van der Waals surface area contributed by atoms with Crippen molar-refractivity contribution in [1.29, 1.82) is 0 Å². The summed E-state index contributed by atoms with van der Waals surface area (Å²) in [7, 11) is 4.12. The van der Waals surface area contributed by atoms with E-state index in [9.17, 15) is 0 Å². The van der Waals surface area contributed by atoms with Crippen LogP contribution in [0.1, 0.15) is 13.8 Å². The van der Waals surface area contributed by atoms with Gasteiger partial charge in [0.15, 0.2) is 0 Å². The Hall–Kier alpha value is -0.880. The lowest BCUT2D eigenvalue weighted by molar-refractivity contribution is 0.326. The Morgan fingerprint density at radius 1 is 1.41 bits per heavy atom. The third-order valence-corrected chi connectivity index (χ3v) is 3.11. The molecule has 1 heterocycles. The van der Waals surface area contributed by atoms with E-state index in [1.165, 1.54) is 0 Å². The molecule has 0 spiro atoms. The zero-order valence-corrected chi connectivity index (χ0v) is 12.4. The number of anilines is 2. The highest BCUT2D eigenvalue weighted by Crippen LogP contribution is 2.20. The van der Waals surface area contributed by atoms with Crippen LogP contribution in [0.4, 0.5) is 11.8 Å². The first-order valence-electron chi connectivity index (χ1n) is 5.71. The second kappa shape index (κ2) is 6.76. The third-order valence-electron chi connectivity index (χ3n) is 2.53. The molecule has 17 heavy (non-hydrogen) atoms. The van der Waals surface area contributed by atoms with Gasteiger partial charge in [0, 0.05) is 25.3 Å². The predicted molar refractivity (Wildman–Crippen MR) is 75.5 cm³/mol. The molecular weight excluding hydrogens is 282 g/mol. The number of likely N-dealkylation sites (N-methyl/N-ethyl adjacent to an activating group) is 1. The zero-order valence-electron chi connectivity index (χ0n) is 10.8. The molecule has 0 radical (unpaired) electrons. The Morgan fingerprint density at radius 2 is 2.12 bits per heavy atom. The van der Waals surface area contributed by atoms with Crippen molar-refractivity contribution in [3.8, 4) is 0 Å². The minimum atomic E-state index is 0.444. The van der Waals surface area contributed by atoms with E-state index in [4.69, 9.17) is 0 Å². The fourth-order valence-corrected chi connectivity index (χ4v) is 1.49. The molecule has 1 unspecified atom stereocenters. The molecule has 0 fully saturated rings. The van der Waals surface area contributed by atoms with Crippen LogP contribution in [0.15, 0.2) is 10.7 Å². The molecule has 6 heteroatoms. The van der Waals surface area contributed by atoms with E-state index in [1.807, 2.05) is 6.92 Å². The van der Waals surface area contributed by atoms with Crippen LogP contribution < -0.4 is 10.6 Å². The summed E-state index contributed by atoms with van der Waals surface area (Å²) in [6.07, 6.45) is 1.76. The summed E-state index contributed by atoms with van der Waals surface area (Å²) < 4.78 is 0.880. The number of halogens is 1. The summed E-state index contributed by atoms with van der Waals surface area (Å²) in [6.45, 7) is 5.84. The van der Waals surface area contributed by atoms with E-state index >= 15 is 0 Å². The fourth-order valence-electron chi connectivity index (χ4n) is 1.16. The van der Waals surface area contributed by atoms with E-state index in [0.717, 1.165) is 23.4 Å². The lowest BCUT2D eigenvalue weighted by Gasteiger charge is -2.20. The topological polar surface area (TPSA) is 53.1 Å². The van der Waals surface area contributed by atoms with Crippen LogP contribution in [0.25, 0.3) is 0 Å². The molecule has 1 rings (SSSR count). The molecule has 1 aromatic heterocycles. The normalized spacial score (nSPS) is 12.6. The average molecular weight is 302 g/mol. The van der Waals surface area contributed by atoms with Crippen LogP contribution in [-0.4, -0.2) is 48.1 Å². The number of hydrogen-bond donors (Lipinski definition) is 2. The van der Waals surface area contributed by atoms with Crippen LogP contribution in [0, 0.1) is 0 Å². The minimum Gasteiger partial charge on any atom is -0.367 e. The number of rotatable bonds is 6. The van der Waals surface area contributed by atoms with E-state index in [0.29, 0.717) is 12.0 Å². The van der Waals surface area contributed by atoms with Gasteiger partial charge in [-0.25, -0.2) is 4.98 Å². The molecule has 0 bridgehead atoms. The summed E-state index contributed by atoms with van der Waals surface area (Å²) in [4.78, 5) is 10.7. The van der Waals surface area contributed by atoms with Crippen molar-refractivity contribution in [3.05, 3.63) is 10.7 Å². The Labute approximate surface area is 111 Å². The summed E-state index contributed by atoms with van der Waals surface area (Å²) in [6, 6.07) is 0.444. The molecule has 0 saturated carbocycles. The molecule has 1 atom stereocenters. The third kappa shape index (κ3) is 4.47. The van der Waals surface area contributed by atoms with E-state index in [1.54, 1.807) is 6.20 Å². The average Bonchev–Trinajstić information content (AvgIpc) is 2.29. The molecule has 1 aromatic rings. The second-order valence-electron chi connectivity index (χ2n) is 4.11. The molecule has 0 aliphatic carbocycles. The van der Waals surface area contributed by atoms with Gasteiger partial charge in [-0.1, -0.05) is 0 Å². The van der Waals surface area contributed by atoms with Crippen LogP contribution in [-0.2, 0) is 0 Å². The van der Waals surface area contributed by atoms with Gasteiger partial charge in [-0.15, -0.1) is 0 Å². The Kier molecular flexibility index (Phi) is 5.64. The molecule has 0 amide bonds. The smallest absolute Gasteiger partial charge is 0.224 e. The summed E-state index contributed by atoms with van der Waals surface area (Å²) in [5.41, 5.74) is 0. The Balaban J connectivity index is 2.66. The number of nitrogens with zero attached hydrogens (tertiary/aromatic N) is 3. The summed E-state index contributed by atoms with van der Waals surface area (Å²) in [5, 5.41) is 6.41. The molecule has 0 saturated heterocycles. The molecule has 0 aromatic carbocycles. The van der Waals surface area contributed by atoms with Crippen molar-refractivity contribution in [2.24, 2.45) is 0 Å². The van der Waals surface area contributed by atoms with Crippen LogP contribution >= 0.6 is 15.9 Å². The molecule has 5 nitrogen and oxygen atoms in total. The van der Waals surface area contributed by atoms with Crippen molar-refractivity contribution in [3.63, 3.8) is 0 Å². The van der Waals surface area contributed by atoms with Gasteiger partial charge in [-0.2, -0.15) is 4.98 Å². The van der Waals surface area contributed by atoms with Crippen molar-refractivity contribution in [2.45, 2.75) is 19.9 Å². The Bertz CT molecular complexity index is 356. The van der Waals surface area contributed by atoms with Crippen LogP contribution in [0.5, 0.6) is 0 Å². The quantitative estimate of drug-likeness (QED) is 0.842. The fraction of sp³-hybridized carbons (Fsp3) is 0.636. The first-order valence-corrected chi connectivity index (χ1v) is 6.50. The van der Waals surface area contributed by atoms with Gasteiger partial charge in [0.1, 0.15) is 5.82 Å². The second-order valence-corrected chi connectivity index (χ2v) is 4.97. The SMILES string of the molecule is CCNc1ncc(Br)c(NCC(C)N(C)C)n1. The van der Waals surface area contributed by atoms with Crippen LogP contribution in [0.2, 0.25) is 0 Å². The highest BCUT2D eigenvalue weighted by Gasteiger charge is 2.08. The molecular formula is C11H20BrN5. The monoisotopic (exact) mass is 301 g/mol. The van der Waals surface area contributed by atoms with Crippen molar-refractivity contribution < 1.29 is 0 Å². The highest BCUT2D eigenvalue weighted by atomic mass is 79.9. The summed E-state index contributed by atoms with van der Waals surface area (Å²) >= 11 is 3.44. The van der Waals surface area contributed by atoms with Crippen molar-refractivity contribution >= 4 is 27.7 Å². The first kappa shape index (κ1) is 14.2. The van der Waals surface area contributed by atoms with Gasteiger partial charge in [0.2, 0.25) is 5.95 Å². The Morgan fingerprint density at radius 3 is 2.71 bits per heavy atom. The van der Waals surface area contributed by atoms with Gasteiger partial charge >= 0.3 is 0 Å². The minimum absolute atomic E-state index is 0.444. The maximum Gasteiger partial charge on any atom is 0.224 e.